The van der Waals surface area contributed by atoms with E-state index in [4.69, 9.17) is 9.15 Å². The molecule has 4 rings (SSSR count). The van der Waals surface area contributed by atoms with Gasteiger partial charge in [0.15, 0.2) is 0 Å². The third-order valence-corrected chi connectivity index (χ3v) is 4.48. The zero-order chi connectivity index (χ0) is 17.9. The number of benzene rings is 2. The molecule has 26 heavy (non-hydrogen) atoms. The number of carbonyl (C=O) groups excluding carboxylic acids is 1. The first-order valence-corrected chi connectivity index (χ1v) is 8.59. The smallest absolute Gasteiger partial charge is 0.254 e. The van der Waals surface area contributed by atoms with Crippen LogP contribution in [0.25, 0.3) is 22.9 Å². The molecule has 3 aromatic rings. The lowest BCUT2D eigenvalue weighted by atomic mass is 10.1. The maximum atomic E-state index is 12.5. The number of amides is 1. The van der Waals surface area contributed by atoms with Crippen molar-refractivity contribution in [3.63, 3.8) is 0 Å². The third-order valence-electron chi connectivity index (χ3n) is 4.48. The summed E-state index contributed by atoms with van der Waals surface area (Å²) in [5.74, 6) is 0.950. The lowest BCUT2D eigenvalue weighted by Gasteiger charge is -2.26. The van der Waals surface area contributed by atoms with Gasteiger partial charge < -0.3 is 14.1 Å². The van der Waals surface area contributed by atoms with Crippen molar-refractivity contribution >= 4 is 5.91 Å². The van der Waals surface area contributed by atoms with Crippen LogP contribution >= 0.6 is 0 Å². The first kappa shape index (κ1) is 16.5. The summed E-state index contributed by atoms with van der Waals surface area (Å²) in [6, 6.07) is 15.1. The van der Waals surface area contributed by atoms with Crippen LogP contribution in [0, 0.1) is 6.92 Å². The number of hydrogen-bond donors (Lipinski definition) is 0. The van der Waals surface area contributed by atoms with Crippen molar-refractivity contribution in [2.75, 3.05) is 26.3 Å². The number of aryl methyl sites for hydroxylation is 1. The van der Waals surface area contributed by atoms with Gasteiger partial charge in [0, 0.05) is 29.8 Å². The highest BCUT2D eigenvalue weighted by Gasteiger charge is 2.19. The van der Waals surface area contributed by atoms with Gasteiger partial charge in [0.25, 0.3) is 5.91 Å². The molecule has 6 nitrogen and oxygen atoms in total. The highest BCUT2D eigenvalue weighted by molar-refractivity contribution is 5.94. The molecule has 6 heteroatoms. The van der Waals surface area contributed by atoms with E-state index in [1.54, 1.807) is 12.1 Å². The molecule has 0 aliphatic carbocycles. The minimum atomic E-state index is 0.0194. The Morgan fingerprint density at radius 3 is 2.38 bits per heavy atom. The van der Waals surface area contributed by atoms with Gasteiger partial charge in [-0.3, -0.25) is 4.79 Å². The third kappa shape index (κ3) is 3.23. The number of nitrogens with zero attached hydrogens (tertiary/aromatic N) is 3. The standard InChI is InChI=1S/C20H19N3O3/c1-14-4-2-3-5-17(14)19-22-21-18(26-19)15-6-8-16(9-7-15)20(24)23-10-12-25-13-11-23/h2-9H,10-13H2,1H3. The molecule has 1 aliphatic rings. The van der Waals surface area contributed by atoms with E-state index >= 15 is 0 Å². The zero-order valence-corrected chi connectivity index (χ0v) is 14.5. The van der Waals surface area contributed by atoms with Gasteiger partial charge >= 0.3 is 0 Å². The van der Waals surface area contributed by atoms with E-state index in [0.29, 0.717) is 43.6 Å². The fourth-order valence-electron chi connectivity index (χ4n) is 2.97. The molecule has 1 amide bonds. The van der Waals surface area contributed by atoms with Gasteiger partial charge in [-0.1, -0.05) is 18.2 Å². The molecule has 0 saturated carbocycles. The van der Waals surface area contributed by atoms with Crippen molar-refractivity contribution < 1.29 is 13.9 Å². The summed E-state index contributed by atoms with van der Waals surface area (Å²) in [5, 5.41) is 8.29. The predicted octanol–water partition coefficient (Wildman–Crippen LogP) is 3.18. The molecule has 1 aromatic heterocycles. The number of aromatic nitrogens is 2. The largest absolute Gasteiger partial charge is 0.416 e. The number of hydrogen-bond acceptors (Lipinski definition) is 5. The average molecular weight is 349 g/mol. The highest BCUT2D eigenvalue weighted by Crippen LogP contribution is 2.26. The van der Waals surface area contributed by atoms with Gasteiger partial charge in [0.1, 0.15) is 0 Å². The van der Waals surface area contributed by atoms with Crippen molar-refractivity contribution in [1.29, 1.82) is 0 Å². The first-order chi connectivity index (χ1) is 12.7. The molecule has 0 unspecified atom stereocenters. The second-order valence-corrected chi connectivity index (χ2v) is 6.21. The molecule has 0 radical (unpaired) electrons. The highest BCUT2D eigenvalue weighted by atomic mass is 16.5. The van der Waals surface area contributed by atoms with E-state index in [1.165, 1.54) is 0 Å². The number of morpholine rings is 1. The summed E-state index contributed by atoms with van der Waals surface area (Å²) in [7, 11) is 0. The van der Waals surface area contributed by atoms with Gasteiger partial charge in [0.05, 0.1) is 13.2 Å². The number of ether oxygens (including phenoxy) is 1. The van der Waals surface area contributed by atoms with Crippen LogP contribution in [-0.2, 0) is 4.74 Å². The Labute approximate surface area is 151 Å². The topological polar surface area (TPSA) is 68.5 Å². The van der Waals surface area contributed by atoms with Crippen molar-refractivity contribution in [3.05, 3.63) is 59.7 Å². The molecule has 1 aliphatic heterocycles. The van der Waals surface area contributed by atoms with Crippen LogP contribution in [0.5, 0.6) is 0 Å². The summed E-state index contributed by atoms with van der Waals surface area (Å²) < 4.78 is 11.1. The number of carbonyl (C=O) groups is 1. The van der Waals surface area contributed by atoms with Crippen molar-refractivity contribution in [2.24, 2.45) is 0 Å². The summed E-state index contributed by atoms with van der Waals surface area (Å²) in [4.78, 5) is 14.3. The summed E-state index contributed by atoms with van der Waals surface area (Å²) in [6.45, 7) is 4.44. The van der Waals surface area contributed by atoms with Gasteiger partial charge in [-0.15, -0.1) is 10.2 Å². The van der Waals surface area contributed by atoms with Crippen molar-refractivity contribution in [1.82, 2.24) is 15.1 Å². The lowest BCUT2D eigenvalue weighted by molar-refractivity contribution is 0.0303. The average Bonchev–Trinajstić information content (AvgIpc) is 3.18. The predicted molar refractivity (Wildman–Crippen MR) is 96.6 cm³/mol. The molecular weight excluding hydrogens is 330 g/mol. The van der Waals surface area contributed by atoms with Crippen LogP contribution in [-0.4, -0.2) is 47.3 Å². The van der Waals surface area contributed by atoms with Crippen LogP contribution in [0.1, 0.15) is 15.9 Å². The lowest BCUT2D eigenvalue weighted by Crippen LogP contribution is -2.40. The molecule has 0 atom stereocenters. The van der Waals surface area contributed by atoms with Crippen LogP contribution in [0.2, 0.25) is 0 Å². The monoisotopic (exact) mass is 349 g/mol. The minimum absolute atomic E-state index is 0.0194. The molecular formula is C20H19N3O3. The Morgan fingerprint density at radius 1 is 0.962 bits per heavy atom. The van der Waals surface area contributed by atoms with E-state index in [0.717, 1.165) is 16.7 Å². The normalized spacial score (nSPS) is 14.4. The second-order valence-electron chi connectivity index (χ2n) is 6.21. The first-order valence-electron chi connectivity index (χ1n) is 8.59. The Balaban J connectivity index is 1.54. The fraction of sp³-hybridized carbons (Fsp3) is 0.250. The van der Waals surface area contributed by atoms with Gasteiger partial charge in [-0.2, -0.15) is 0 Å². The van der Waals surface area contributed by atoms with Gasteiger partial charge in [0.2, 0.25) is 11.8 Å². The minimum Gasteiger partial charge on any atom is -0.416 e. The molecule has 0 bridgehead atoms. The van der Waals surface area contributed by atoms with E-state index < -0.39 is 0 Å². The van der Waals surface area contributed by atoms with Crippen LogP contribution < -0.4 is 0 Å². The molecule has 2 aromatic carbocycles. The SMILES string of the molecule is Cc1ccccc1-c1nnc(-c2ccc(C(=O)N3CCOCC3)cc2)o1. The van der Waals surface area contributed by atoms with E-state index in [-0.39, 0.29) is 5.91 Å². The van der Waals surface area contributed by atoms with Gasteiger partial charge in [-0.25, -0.2) is 0 Å². The van der Waals surface area contributed by atoms with Crippen LogP contribution in [0.15, 0.2) is 52.9 Å². The Bertz CT molecular complexity index is 912. The second kappa shape index (κ2) is 7.09. The Hall–Kier alpha value is -2.99. The molecule has 132 valence electrons. The maximum Gasteiger partial charge on any atom is 0.254 e. The van der Waals surface area contributed by atoms with Crippen LogP contribution in [0.3, 0.4) is 0 Å². The zero-order valence-electron chi connectivity index (χ0n) is 14.5. The van der Waals surface area contributed by atoms with Crippen molar-refractivity contribution in [2.45, 2.75) is 6.92 Å². The molecule has 2 heterocycles. The van der Waals surface area contributed by atoms with Crippen LogP contribution in [0.4, 0.5) is 0 Å². The Kier molecular flexibility index (Phi) is 4.50. The van der Waals surface area contributed by atoms with E-state index in [1.807, 2.05) is 48.2 Å². The van der Waals surface area contributed by atoms with E-state index in [9.17, 15) is 4.79 Å². The molecule has 1 saturated heterocycles. The quantitative estimate of drug-likeness (QED) is 0.726. The fourth-order valence-corrected chi connectivity index (χ4v) is 2.97. The van der Waals surface area contributed by atoms with E-state index in [2.05, 4.69) is 10.2 Å². The maximum absolute atomic E-state index is 12.5. The van der Waals surface area contributed by atoms with Gasteiger partial charge in [-0.05, 0) is 42.8 Å². The molecule has 0 N–H and O–H groups in total. The van der Waals surface area contributed by atoms with Crippen molar-refractivity contribution in [3.8, 4) is 22.9 Å². The number of rotatable bonds is 3. The summed E-state index contributed by atoms with van der Waals surface area (Å²) in [5.41, 5.74) is 3.43. The summed E-state index contributed by atoms with van der Waals surface area (Å²) in [6.07, 6.45) is 0. The Morgan fingerprint density at radius 2 is 1.65 bits per heavy atom. The summed E-state index contributed by atoms with van der Waals surface area (Å²) >= 11 is 0. The molecule has 0 spiro atoms. The molecule has 1 fully saturated rings.